The van der Waals surface area contributed by atoms with Crippen molar-refractivity contribution >= 4 is 35.8 Å². The number of nitrogens with zero attached hydrogens (tertiary/aromatic N) is 2. The maximum Gasteiger partial charge on any atom is 0.416 e. The fourth-order valence-corrected chi connectivity index (χ4v) is 1.78. The molecule has 10 heteroatoms. The van der Waals surface area contributed by atoms with Gasteiger partial charge >= 0.3 is 6.18 Å². The molecule has 0 radical (unpaired) electrons. The number of carbonyl (C=O) groups excluding carboxylic acids is 1. The summed E-state index contributed by atoms with van der Waals surface area (Å²) in [5.74, 6) is 0.171. The Morgan fingerprint density at radius 2 is 1.96 bits per heavy atom. The van der Waals surface area contributed by atoms with Crippen molar-refractivity contribution in [1.82, 2.24) is 15.5 Å². The molecule has 148 valence electrons. The molecule has 1 aromatic carbocycles. The third-order valence-corrected chi connectivity index (χ3v) is 3.18. The highest BCUT2D eigenvalue weighted by Gasteiger charge is 2.30. The maximum atomic E-state index is 12.7. The summed E-state index contributed by atoms with van der Waals surface area (Å²) in [5, 5.41) is 5.80. The number of hydrogen-bond donors (Lipinski definition) is 2. The van der Waals surface area contributed by atoms with Crippen LogP contribution in [-0.4, -0.2) is 57.7 Å². The molecule has 0 aliphatic heterocycles. The van der Waals surface area contributed by atoms with Crippen LogP contribution in [0.2, 0.25) is 0 Å². The van der Waals surface area contributed by atoms with Crippen LogP contribution < -0.4 is 10.6 Å². The topological polar surface area (TPSA) is 66.0 Å². The largest absolute Gasteiger partial charge is 0.416 e. The monoisotopic (exact) mass is 488 g/mol. The molecule has 2 N–H and O–H groups in total. The predicted octanol–water partition coefficient (Wildman–Crippen LogP) is 2.09. The van der Waals surface area contributed by atoms with Gasteiger partial charge in [-0.25, -0.2) is 4.99 Å². The average molecular weight is 488 g/mol. The van der Waals surface area contributed by atoms with E-state index in [1.807, 2.05) is 0 Å². The van der Waals surface area contributed by atoms with Crippen LogP contribution in [0.4, 0.5) is 13.2 Å². The molecule has 6 nitrogen and oxygen atoms in total. The zero-order chi connectivity index (χ0) is 18.9. The highest BCUT2D eigenvalue weighted by Crippen LogP contribution is 2.29. The van der Waals surface area contributed by atoms with Crippen molar-refractivity contribution in [2.45, 2.75) is 12.7 Å². The second-order valence-corrected chi connectivity index (χ2v) is 5.42. The number of aliphatic imine (C=N–C) groups is 1. The summed E-state index contributed by atoms with van der Waals surface area (Å²) in [6.45, 7) is 0.934. The Balaban J connectivity index is 0.00000625. The van der Waals surface area contributed by atoms with E-state index in [2.05, 4.69) is 15.6 Å². The summed E-state index contributed by atoms with van der Waals surface area (Å²) in [6.07, 6.45) is -4.39. The number of likely N-dealkylation sites (N-methyl/N-ethyl adjacent to an activating group) is 1. The van der Waals surface area contributed by atoms with Gasteiger partial charge in [-0.1, -0.05) is 12.1 Å². The van der Waals surface area contributed by atoms with Crippen LogP contribution in [0.5, 0.6) is 0 Å². The van der Waals surface area contributed by atoms with Gasteiger partial charge < -0.3 is 20.3 Å². The van der Waals surface area contributed by atoms with Gasteiger partial charge in [0.15, 0.2) is 5.96 Å². The van der Waals surface area contributed by atoms with Crippen molar-refractivity contribution in [2.24, 2.45) is 4.99 Å². The van der Waals surface area contributed by atoms with Crippen LogP contribution in [0.15, 0.2) is 29.3 Å². The Morgan fingerprint density at radius 1 is 1.27 bits per heavy atom. The van der Waals surface area contributed by atoms with E-state index in [0.29, 0.717) is 24.7 Å². The number of amides is 1. The van der Waals surface area contributed by atoms with Crippen LogP contribution in [0.1, 0.15) is 11.1 Å². The summed E-state index contributed by atoms with van der Waals surface area (Å²) in [4.78, 5) is 17.3. The number of nitrogens with one attached hydrogen (secondary N) is 2. The highest BCUT2D eigenvalue weighted by molar-refractivity contribution is 14.0. The lowest BCUT2D eigenvalue weighted by molar-refractivity contribution is -0.137. The number of alkyl halides is 3. The minimum Gasteiger partial charge on any atom is -0.383 e. The van der Waals surface area contributed by atoms with E-state index < -0.39 is 11.7 Å². The van der Waals surface area contributed by atoms with Gasteiger partial charge in [0.1, 0.15) is 0 Å². The summed E-state index contributed by atoms with van der Waals surface area (Å²) in [6, 6.07) is 4.98. The Kier molecular flexibility index (Phi) is 11.2. The lowest BCUT2D eigenvalue weighted by Crippen LogP contribution is -2.43. The molecule has 0 atom stereocenters. The van der Waals surface area contributed by atoms with E-state index in [0.717, 1.165) is 12.1 Å². The molecule has 0 fully saturated rings. The van der Waals surface area contributed by atoms with E-state index in [1.54, 1.807) is 27.3 Å². The Labute approximate surface area is 168 Å². The van der Waals surface area contributed by atoms with Gasteiger partial charge in [0.2, 0.25) is 5.91 Å². The quantitative estimate of drug-likeness (QED) is 0.267. The molecular weight excluding hydrogens is 464 g/mol. The lowest BCUT2D eigenvalue weighted by Gasteiger charge is -2.15. The van der Waals surface area contributed by atoms with Crippen LogP contribution in [0, 0.1) is 0 Å². The van der Waals surface area contributed by atoms with Gasteiger partial charge in [0.05, 0.1) is 25.3 Å². The van der Waals surface area contributed by atoms with Gasteiger partial charge in [-0.15, -0.1) is 24.0 Å². The molecule has 1 rings (SSSR count). The first-order valence-electron chi connectivity index (χ1n) is 7.61. The van der Waals surface area contributed by atoms with Gasteiger partial charge in [0.25, 0.3) is 0 Å². The second-order valence-electron chi connectivity index (χ2n) is 5.42. The molecule has 0 aliphatic rings. The fourth-order valence-electron chi connectivity index (χ4n) is 1.78. The van der Waals surface area contributed by atoms with Crippen molar-refractivity contribution in [3.63, 3.8) is 0 Å². The predicted molar refractivity (Wildman–Crippen MR) is 105 cm³/mol. The summed E-state index contributed by atoms with van der Waals surface area (Å²) in [5.41, 5.74) is -0.300. The van der Waals surface area contributed by atoms with Gasteiger partial charge in [0, 0.05) is 27.7 Å². The van der Waals surface area contributed by atoms with Crippen molar-refractivity contribution in [1.29, 1.82) is 0 Å². The minimum atomic E-state index is -4.39. The van der Waals surface area contributed by atoms with Gasteiger partial charge in [-0.2, -0.15) is 13.2 Å². The van der Waals surface area contributed by atoms with Crippen LogP contribution >= 0.6 is 24.0 Å². The number of guanidine groups is 1. The highest BCUT2D eigenvalue weighted by atomic mass is 127. The first-order chi connectivity index (χ1) is 11.7. The minimum absolute atomic E-state index is 0. The average Bonchev–Trinajstić information content (AvgIpc) is 2.56. The molecule has 0 aliphatic carbocycles. The number of benzene rings is 1. The summed E-state index contributed by atoms with van der Waals surface area (Å²) >= 11 is 0. The molecule has 1 aromatic rings. The first-order valence-corrected chi connectivity index (χ1v) is 7.61. The molecule has 0 heterocycles. The number of halogens is 4. The molecule has 0 bridgehead atoms. The zero-order valence-corrected chi connectivity index (χ0v) is 17.2. The van der Waals surface area contributed by atoms with E-state index in [4.69, 9.17) is 4.74 Å². The van der Waals surface area contributed by atoms with Crippen molar-refractivity contribution in [2.75, 3.05) is 40.9 Å². The third-order valence-electron chi connectivity index (χ3n) is 3.18. The molecule has 0 aromatic heterocycles. The number of methoxy groups -OCH3 is 1. The van der Waals surface area contributed by atoms with Gasteiger partial charge in [-0.3, -0.25) is 4.79 Å². The Hall–Kier alpha value is -1.56. The summed E-state index contributed by atoms with van der Waals surface area (Å²) < 4.78 is 43.1. The van der Waals surface area contributed by atoms with E-state index in [9.17, 15) is 18.0 Å². The molecule has 1 amide bonds. The normalized spacial score (nSPS) is 11.5. The summed E-state index contributed by atoms with van der Waals surface area (Å²) in [7, 11) is 4.80. The smallest absolute Gasteiger partial charge is 0.383 e. The molecule has 0 unspecified atom stereocenters. The second kappa shape index (κ2) is 11.9. The molecule has 0 saturated carbocycles. The maximum absolute atomic E-state index is 12.7. The van der Waals surface area contributed by atoms with Crippen molar-refractivity contribution in [3.05, 3.63) is 35.4 Å². The standard InChI is InChI=1S/C16H23F3N4O2.HI/c1-23(2)14(24)11-22-15(20-7-8-25-3)21-10-12-5-4-6-13(9-12)16(17,18)19;/h4-6,9H,7-8,10-11H2,1-3H3,(H2,20,21,22);1H. The van der Waals surface area contributed by atoms with Gasteiger partial charge in [-0.05, 0) is 17.7 Å². The molecule has 0 spiro atoms. The molecular formula is C16H24F3IN4O2. The lowest BCUT2D eigenvalue weighted by atomic mass is 10.1. The van der Waals surface area contributed by atoms with Crippen LogP contribution in [0.25, 0.3) is 0 Å². The van der Waals surface area contributed by atoms with Crippen LogP contribution in [0.3, 0.4) is 0 Å². The number of rotatable bonds is 7. The molecule has 0 saturated heterocycles. The van der Waals surface area contributed by atoms with Crippen LogP contribution in [-0.2, 0) is 22.3 Å². The van der Waals surface area contributed by atoms with E-state index >= 15 is 0 Å². The zero-order valence-electron chi connectivity index (χ0n) is 14.9. The number of ether oxygens (including phenoxy) is 1. The van der Waals surface area contributed by atoms with E-state index in [1.165, 1.54) is 11.0 Å². The number of hydrogen-bond acceptors (Lipinski definition) is 3. The van der Waals surface area contributed by atoms with E-state index in [-0.39, 0.29) is 43.0 Å². The Bertz CT molecular complexity index is 595. The molecule has 26 heavy (non-hydrogen) atoms. The SMILES string of the molecule is COCCNC(=NCc1cccc(C(F)(F)F)c1)NCC(=O)N(C)C.I. The van der Waals surface area contributed by atoms with Crippen molar-refractivity contribution < 1.29 is 22.7 Å². The van der Waals surface area contributed by atoms with Crippen molar-refractivity contribution in [3.8, 4) is 0 Å². The Morgan fingerprint density at radius 3 is 2.54 bits per heavy atom. The number of carbonyl (C=O) groups is 1. The fraction of sp³-hybridized carbons (Fsp3) is 0.500. The first kappa shape index (κ1) is 24.4. The third kappa shape index (κ3) is 9.22.